The van der Waals surface area contributed by atoms with Crippen LogP contribution in [0.25, 0.3) is 28.0 Å². The van der Waals surface area contributed by atoms with E-state index in [0.717, 1.165) is 5.69 Å². The molecule has 4 heterocycles. The Bertz CT molecular complexity index is 1030. The molecule has 4 rings (SSSR count). The Morgan fingerprint density at radius 2 is 2.35 bits per heavy atom. The molecule has 0 saturated carbocycles. The fourth-order valence-electron chi connectivity index (χ4n) is 2.48. The maximum absolute atomic E-state index is 12.5. The van der Waals surface area contributed by atoms with Crippen LogP contribution in [0.4, 0.5) is 4.79 Å². The van der Waals surface area contributed by atoms with E-state index in [2.05, 4.69) is 20.5 Å². The number of carbonyl (C=O) groups excluding carboxylic acids is 1. The minimum atomic E-state index is -0.335. The SMILES string of the molecule is CCNC(=O)n1ncc2c3nn(-c4ccsc4)c(=O)c-3c[nH]c21. The largest absolute Gasteiger partial charge is 0.345 e. The van der Waals surface area contributed by atoms with Gasteiger partial charge in [0.15, 0.2) is 0 Å². The summed E-state index contributed by atoms with van der Waals surface area (Å²) in [7, 11) is 0. The zero-order valence-electron chi connectivity index (χ0n) is 12.1. The van der Waals surface area contributed by atoms with Crippen molar-refractivity contribution in [3.63, 3.8) is 0 Å². The smallest absolute Gasteiger partial charge is 0.344 e. The number of pyridine rings is 1. The third kappa shape index (κ3) is 1.97. The lowest BCUT2D eigenvalue weighted by Crippen LogP contribution is -2.29. The van der Waals surface area contributed by atoms with Crippen molar-refractivity contribution in [3.05, 3.63) is 39.6 Å². The first kappa shape index (κ1) is 13.7. The Kier molecular flexibility index (Phi) is 3.01. The maximum Gasteiger partial charge on any atom is 0.344 e. The van der Waals surface area contributed by atoms with Crippen LogP contribution in [0.1, 0.15) is 6.92 Å². The Balaban J connectivity index is 1.96. The van der Waals surface area contributed by atoms with Gasteiger partial charge in [-0.1, -0.05) is 0 Å². The van der Waals surface area contributed by atoms with Gasteiger partial charge in [0.2, 0.25) is 0 Å². The van der Waals surface area contributed by atoms with E-state index in [-0.39, 0.29) is 11.6 Å². The predicted octanol–water partition coefficient (Wildman–Crippen LogP) is 1.65. The number of fused-ring (bicyclic) bond motifs is 3. The van der Waals surface area contributed by atoms with Crippen LogP contribution in [0.15, 0.2) is 34.0 Å². The number of thiophene rings is 1. The number of aromatic amines is 1. The van der Waals surface area contributed by atoms with Crippen LogP contribution >= 0.6 is 11.3 Å². The second kappa shape index (κ2) is 5.06. The van der Waals surface area contributed by atoms with Gasteiger partial charge in [-0.05, 0) is 18.4 Å². The molecule has 0 aromatic carbocycles. The molecule has 8 nitrogen and oxygen atoms in total. The molecule has 2 N–H and O–H groups in total. The average molecular weight is 328 g/mol. The summed E-state index contributed by atoms with van der Waals surface area (Å²) in [4.78, 5) is 27.5. The fourth-order valence-corrected chi connectivity index (χ4v) is 3.09. The van der Waals surface area contributed by atoms with Crippen LogP contribution < -0.4 is 10.9 Å². The van der Waals surface area contributed by atoms with Gasteiger partial charge in [0, 0.05) is 18.1 Å². The number of aromatic nitrogens is 5. The highest BCUT2D eigenvalue weighted by atomic mass is 32.1. The Labute approximate surface area is 133 Å². The average Bonchev–Trinajstić information content (AvgIpc) is 3.25. The Morgan fingerprint density at radius 3 is 3.09 bits per heavy atom. The van der Waals surface area contributed by atoms with Gasteiger partial charge < -0.3 is 10.3 Å². The van der Waals surface area contributed by atoms with Gasteiger partial charge in [0.25, 0.3) is 5.56 Å². The van der Waals surface area contributed by atoms with Gasteiger partial charge in [0.05, 0.1) is 22.8 Å². The standard InChI is InChI=1S/C14H12N6O2S/c1-2-15-14(22)20-12-9(6-17-20)11-10(5-16-12)13(21)19(18-11)8-3-4-23-7-8/h3-7,16H,2H2,1H3,(H,15,22). The Morgan fingerprint density at radius 1 is 1.48 bits per heavy atom. The Hall–Kier alpha value is -2.94. The topological polar surface area (TPSA) is 97.6 Å². The summed E-state index contributed by atoms with van der Waals surface area (Å²) in [5.41, 5.74) is 1.99. The number of amides is 1. The molecule has 9 heteroatoms. The van der Waals surface area contributed by atoms with Crippen molar-refractivity contribution in [1.29, 1.82) is 0 Å². The van der Waals surface area contributed by atoms with Crippen molar-refractivity contribution in [2.45, 2.75) is 6.92 Å². The molecule has 0 bridgehead atoms. The molecular weight excluding hydrogens is 316 g/mol. The monoisotopic (exact) mass is 328 g/mol. The molecule has 0 aliphatic carbocycles. The van der Waals surface area contributed by atoms with Gasteiger partial charge in [-0.3, -0.25) is 4.79 Å². The summed E-state index contributed by atoms with van der Waals surface area (Å²) in [6, 6.07) is 1.49. The summed E-state index contributed by atoms with van der Waals surface area (Å²) in [6.45, 7) is 2.33. The highest BCUT2D eigenvalue weighted by molar-refractivity contribution is 7.08. The molecule has 0 atom stereocenters. The number of hydrogen-bond acceptors (Lipinski definition) is 5. The van der Waals surface area contributed by atoms with E-state index >= 15 is 0 Å². The van der Waals surface area contributed by atoms with Crippen LogP contribution in [0.5, 0.6) is 0 Å². The summed E-state index contributed by atoms with van der Waals surface area (Å²) in [6.07, 6.45) is 3.10. The second-order valence-electron chi connectivity index (χ2n) is 4.90. The first-order valence-electron chi connectivity index (χ1n) is 6.99. The second-order valence-corrected chi connectivity index (χ2v) is 5.68. The molecule has 0 unspecified atom stereocenters. The summed E-state index contributed by atoms with van der Waals surface area (Å²) >= 11 is 1.49. The number of hydrogen-bond donors (Lipinski definition) is 2. The lowest BCUT2D eigenvalue weighted by molar-refractivity contribution is 0.241. The van der Waals surface area contributed by atoms with Gasteiger partial charge in [-0.15, -0.1) is 0 Å². The number of H-pyrrole nitrogens is 1. The summed E-state index contributed by atoms with van der Waals surface area (Å²) in [5.74, 6) is 0. The molecule has 2 aromatic heterocycles. The van der Waals surface area contributed by atoms with Crippen LogP contribution in [0, 0.1) is 0 Å². The highest BCUT2D eigenvalue weighted by Gasteiger charge is 2.22. The third-order valence-electron chi connectivity index (χ3n) is 3.53. The molecule has 2 aromatic rings. The molecule has 116 valence electrons. The molecule has 1 amide bonds. The van der Waals surface area contributed by atoms with Crippen molar-refractivity contribution < 1.29 is 4.79 Å². The van der Waals surface area contributed by atoms with Gasteiger partial charge in [-0.25, -0.2) is 4.79 Å². The van der Waals surface area contributed by atoms with Gasteiger partial charge in [0.1, 0.15) is 11.3 Å². The fraction of sp³-hybridized carbons (Fsp3) is 0.143. The van der Waals surface area contributed by atoms with Crippen molar-refractivity contribution in [3.8, 4) is 16.9 Å². The zero-order valence-corrected chi connectivity index (χ0v) is 12.9. The van der Waals surface area contributed by atoms with E-state index in [9.17, 15) is 9.59 Å². The number of nitrogens with zero attached hydrogens (tertiary/aromatic N) is 4. The summed E-state index contributed by atoms with van der Waals surface area (Å²) in [5, 5.41) is 15.5. The van der Waals surface area contributed by atoms with Gasteiger partial charge in [-0.2, -0.15) is 30.9 Å². The number of rotatable bonds is 2. The van der Waals surface area contributed by atoms with Crippen molar-refractivity contribution in [1.82, 2.24) is 29.9 Å². The minimum Gasteiger partial charge on any atom is -0.345 e. The predicted molar refractivity (Wildman–Crippen MR) is 86.4 cm³/mol. The lowest BCUT2D eigenvalue weighted by Gasteiger charge is -2.03. The van der Waals surface area contributed by atoms with Crippen LogP contribution in [-0.4, -0.2) is 37.1 Å². The van der Waals surface area contributed by atoms with Crippen LogP contribution in [0.2, 0.25) is 0 Å². The number of carbonyl (C=O) groups is 1. The minimum absolute atomic E-state index is 0.206. The quantitative estimate of drug-likeness (QED) is 0.584. The molecule has 2 aliphatic heterocycles. The lowest BCUT2D eigenvalue weighted by atomic mass is 10.2. The van der Waals surface area contributed by atoms with Gasteiger partial charge >= 0.3 is 6.03 Å². The van der Waals surface area contributed by atoms with Crippen molar-refractivity contribution >= 4 is 28.4 Å². The third-order valence-corrected chi connectivity index (χ3v) is 4.20. The van der Waals surface area contributed by atoms with E-state index in [1.54, 1.807) is 6.20 Å². The molecule has 0 saturated heterocycles. The molecular formula is C14H12N6O2S. The van der Waals surface area contributed by atoms with Crippen LogP contribution in [-0.2, 0) is 0 Å². The highest BCUT2D eigenvalue weighted by Crippen LogP contribution is 2.26. The van der Waals surface area contributed by atoms with Crippen molar-refractivity contribution in [2.24, 2.45) is 0 Å². The molecule has 0 radical (unpaired) electrons. The zero-order chi connectivity index (χ0) is 16.0. The van der Waals surface area contributed by atoms with Crippen molar-refractivity contribution in [2.75, 3.05) is 6.54 Å². The first-order chi connectivity index (χ1) is 11.2. The molecule has 23 heavy (non-hydrogen) atoms. The molecule has 0 spiro atoms. The van der Waals surface area contributed by atoms with E-state index < -0.39 is 0 Å². The number of nitrogens with one attached hydrogen (secondary N) is 2. The van der Waals surface area contributed by atoms with E-state index in [4.69, 9.17) is 0 Å². The molecule has 2 aliphatic rings. The van der Waals surface area contributed by atoms with E-state index in [0.29, 0.717) is 28.8 Å². The maximum atomic E-state index is 12.5. The normalized spacial score (nSPS) is 11.3. The van der Waals surface area contributed by atoms with Crippen LogP contribution in [0.3, 0.4) is 0 Å². The van der Waals surface area contributed by atoms with E-state index in [1.807, 2.05) is 23.8 Å². The first-order valence-corrected chi connectivity index (χ1v) is 7.94. The molecule has 0 fully saturated rings. The summed E-state index contributed by atoms with van der Waals surface area (Å²) < 4.78 is 2.59. The van der Waals surface area contributed by atoms with E-state index in [1.165, 1.54) is 26.9 Å².